The van der Waals surface area contributed by atoms with Crippen LogP contribution in [0.25, 0.3) is 22.6 Å². The summed E-state index contributed by atoms with van der Waals surface area (Å²) in [6.07, 6.45) is 0. The molecule has 0 spiro atoms. The summed E-state index contributed by atoms with van der Waals surface area (Å²) in [5.41, 5.74) is 1.68. The van der Waals surface area contributed by atoms with Gasteiger partial charge in [-0.15, -0.1) is 0 Å². The summed E-state index contributed by atoms with van der Waals surface area (Å²) in [6.45, 7) is 9.34. The van der Waals surface area contributed by atoms with E-state index in [9.17, 15) is 14.4 Å². The lowest BCUT2D eigenvalue weighted by Crippen LogP contribution is -2.37. The predicted octanol–water partition coefficient (Wildman–Crippen LogP) is 2.29. The van der Waals surface area contributed by atoms with Gasteiger partial charge in [0, 0.05) is 30.9 Å². The Balaban J connectivity index is 1.98. The molecule has 0 bridgehead atoms. The molecule has 0 saturated carbocycles. The molecule has 9 heteroatoms. The number of para-hydroxylation sites is 2. The number of ketones is 1. The molecule has 0 amide bonds. The van der Waals surface area contributed by atoms with Gasteiger partial charge >= 0.3 is 5.69 Å². The maximum atomic E-state index is 12.9. The number of rotatable bonds is 4. The Morgan fingerprint density at radius 3 is 2.34 bits per heavy atom. The SMILES string of the molecule is Cc1c(C)n2c3c(=O)n(C)c(=O)n(C)c3nc2n1-c1ccccc1OCC(=O)C(C)(C)C. The average molecular weight is 438 g/mol. The number of hydrogen-bond acceptors (Lipinski definition) is 5. The van der Waals surface area contributed by atoms with Crippen molar-refractivity contribution in [3.05, 3.63) is 56.5 Å². The number of carbonyl (C=O) groups is 1. The zero-order valence-corrected chi connectivity index (χ0v) is 19.4. The van der Waals surface area contributed by atoms with Crippen molar-refractivity contribution < 1.29 is 9.53 Å². The summed E-state index contributed by atoms with van der Waals surface area (Å²) in [4.78, 5) is 42.4. The van der Waals surface area contributed by atoms with Gasteiger partial charge in [-0.3, -0.25) is 27.7 Å². The molecule has 9 nitrogen and oxygen atoms in total. The molecule has 0 atom stereocenters. The molecule has 4 aromatic rings. The van der Waals surface area contributed by atoms with Gasteiger partial charge in [0.25, 0.3) is 5.56 Å². The van der Waals surface area contributed by atoms with E-state index in [1.807, 2.05) is 57.4 Å². The first-order valence-electron chi connectivity index (χ1n) is 10.4. The predicted molar refractivity (Wildman–Crippen MR) is 122 cm³/mol. The molecule has 0 aliphatic carbocycles. The topological polar surface area (TPSA) is 92.5 Å². The van der Waals surface area contributed by atoms with Crippen molar-refractivity contribution in [2.24, 2.45) is 19.5 Å². The van der Waals surface area contributed by atoms with Gasteiger partial charge in [0.05, 0.1) is 5.69 Å². The molecule has 1 aromatic carbocycles. The molecule has 168 valence electrons. The van der Waals surface area contributed by atoms with E-state index < -0.39 is 16.7 Å². The fraction of sp³-hybridized carbons (Fsp3) is 0.391. The highest BCUT2D eigenvalue weighted by atomic mass is 16.5. The molecule has 0 saturated heterocycles. The van der Waals surface area contributed by atoms with Crippen LogP contribution in [0.1, 0.15) is 32.2 Å². The lowest BCUT2D eigenvalue weighted by molar-refractivity contribution is -0.128. The van der Waals surface area contributed by atoms with E-state index in [2.05, 4.69) is 4.98 Å². The van der Waals surface area contributed by atoms with Gasteiger partial charge < -0.3 is 4.74 Å². The Morgan fingerprint density at radius 1 is 1.03 bits per heavy atom. The van der Waals surface area contributed by atoms with Crippen LogP contribution in [0.5, 0.6) is 5.75 Å². The number of fused-ring (bicyclic) bond motifs is 3. The zero-order valence-electron chi connectivity index (χ0n) is 19.4. The third-order valence-corrected chi connectivity index (χ3v) is 5.94. The van der Waals surface area contributed by atoms with Crippen LogP contribution >= 0.6 is 0 Å². The highest BCUT2D eigenvalue weighted by Crippen LogP contribution is 2.30. The number of carbonyl (C=O) groups excluding carboxylic acids is 1. The number of aromatic nitrogens is 5. The summed E-state index contributed by atoms with van der Waals surface area (Å²) in [6, 6.07) is 7.38. The van der Waals surface area contributed by atoms with Gasteiger partial charge in [0.15, 0.2) is 16.9 Å². The van der Waals surface area contributed by atoms with E-state index >= 15 is 0 Å². The second-order valence-electron chi connectivity index (χ2n) is 9.06. The molecular formula is C23H27N5O4. The van der Waals surface area contributed by atoms with E-state index in [-0.39, 0.29) is 12.4 Å². The third kappa shape index (κ3) is 3.07. The number of imidazole rings is 2. The van der Waals surface area contributed by atoms with Crippen molar-refractivity contribution in [2.75, 3.05) is 6.61 Å². The largest absolute Gasteiger partial charge is 0.484 e. The standard InChI is InChI=1S/C23H27N5O4/c1-13-14(2)28-18-19(25(6)22(31)26(7)20(18)30)24-21(28)27(13)15-10-8-9-11-16(15)32-12-17(29)23(3,4)5/h8-11H,12H2,1-7H3. The Morgan fingerprint density at radius 2 is 1.69 bits per heavy atom. The summed E-state index contributed by atoms with van der Waals surface area (Å²) in [5.74, 6) is 1.01. The second-order valence-corrected chi connectivity index (χ2v) is 9.06. The first-order chi connectivity index (χ1) is 14.9. The van der Waals surface area contributed by atoms with Crippen molar-refractivity contribution in [2.45, 2.75) is 34.6 Å². The number of Topliss-reactive ketones (excluding diaryl/α,β-unsaturated/α-hetero) is 1. The Kier molecular flexibility index (Phi) is 4.87. The van der Waals surface area contributed by atoms with Crippen LogP contribution < -0.4 is 16.0 Å². The Hall–Kier alpha value is -3.62. The highest BCUT2D eigenvalue weighted by Gasteiger charge is 2.25. The van der Waals surface area contributed by atoms with Crippen LogP contribution in [0.15, 0.2) is 33.9 Å². The van der Waals surface area contributed by atoms with Crippen molar-refractivity contribution in [1.29, 1.82) is 0 Å². The lowest BCUT2D eigenvalue weighted by atomic mass is 9.91. The minimum Gasteiger partial charge on any atom is -0.484 e. The van der Waals surface area contributed by atoms with Crippen LogP contribution in [0.3, 0.4) is 0 Å². The van der Waals surface area contributed by atoms with Crippen LogP contribution in [0, 0.1) is 19.3 Å². The van der Waals surface area contributed by atoms with Crippen molar-refractivity contribution >= 4 is 22.7 Å². The third-order valence-electron chi connectivity index (χ3n) is 5.94. The minimum atomic E-state index is -0.506. The highest BCUT2D eigenvalue weighted by molar-refractivity contribution is 5.85. The smallest absolute Gasteiger partial charge is 0.332 e. The Labute approximate surface area is 184 Å². The zero-order chi connectivity index (χ0) is 23.5. The van der Waals surface area contributed by atoms with Crippen molar-refractivity contribution in [1.82, 2.24) is 23.1 Å². The summed E-state index contributed by atoms with van der Waals surface area (Å²) in [5, 5.41) is 0. The molecule has 4 rings (SSSR count). The minimum absolute atomic E-state index is 0.0112. The monoisotopic (exact) mass is 437 g/mol. The number of hydrogen-bond donors (Lipinski definition) is 0. The molecule has 0 radical (unpaired) electrons. The fourth-order valence-corrected chi connectivity index (χ4v) is 3.74. The van der Waals surface area contributed by atoms with Crippen LogP contribution in [-0.2, 0) is 18.9 Å². The van der Waals surface area contributed by atoms with Crippen molar-refractivity contribution in [3.63, 3.8) is 0 Å². The van der Waals surface area contributed by atoms with Crippen LogP contribution in [0.2, 0.25) is 0 Å². The van der Waals surface area contributed by atoms with Crippen LogP contribution in [0.4, 0.5) is 0 Å². The number of benzene rings is 1. The summed E-state index contributed by atoms with van der Waals surface area (Å²) >= 11 is 0. The maximum absolute atomic E-state index is 12.9. The molecule has 0 unspecified atom stereocenters. The first-order valence-corrected chi connectivity index (χ1v) is 10.4. The quantitative estimate of drug-likeness (QED) is 0.488. The first kappa shape index (κ1) is 21.6. The average Bonchev–Trinajstić information content (AvgIpc) is 3.24. The number of aryl methyl sites for hydroxylation is 2. The molecule has 0 aliphatic rings. The summed E-state index contributed by atoms with van der Waals surface area (Å²) < 4.78 is 12.0. The molecule has 0 fully saturated rings. The number of ether oxygens (including phenoxy) is 1. The fourth-order valence-electron chi connectivity index (χ4n) is 3.74. The molecular weight excluding hydrogens is 410 g/mol. The molecule has 0 aliphatic heterocycles. The molecule has 3 heterocycles. The van der Waals surface area contributed by atoms with E-state index in [4.69, 9.17) is 4.74 Å². The van der Waals surface area contributed by atoms with E-state index in [1.165, 1.54) is 11.6 Å². The van der Waals surface area contributed by atoms with Gasteiger partial charge in [-0.05, 0) is 26.0 Å². The number of nitrogens with zero attached hydrogens (tertiary/aromatic N) is 5. The lowest BCUT2D eigenvalue weighted by Gasteiger charge is -2.18. The van der Waals surface area contributed by atoms with Gasteiger partial charge in [-0.2, -0.15) is 4.98 Å². The Bertz CT molecular complexity index is 1510. The van der Waals surface area contributed by atoms with Gasteiger partial charge in [-0.1, -0.05) is 32.9 Å². The molecule has 32 heavy (non-hydrogen) atoms. The van der Waals surface area contributed by atoms with E-state index in [0.717, 1.165) is 16.0 Å². The second kappa shape index (κ2) is 7.22. The molecule has 0 N–H and O–H groups in total. The van der Waals surface area contributed by atoms with E-state index in [0.29, 0.717) is 28.4 Å². The van der Waals surface area contributed by atoms with Gasteiger partial charge in [0.2, 0.25) is 5.78 Å². The molecule has 3 aromatic heterocycles. The van der Waals surface area contributed by atoms with Gasteiger partial charge in [-0.25, -0.2) is 4.79 Å². The van der Waals surface area contributed by atoms with E-state index in [1.54, 1.807) is 17.5 Å². The van der Waals surface area contributed by atoms with Crippen molar-refractivity contribution in [3.8, 4) is 11.4 Å². The normalized spacial score (nSPS) is 12.1. The van der Waals surface area contributed by atoms with Gasteiger partial charge in [0.1, 0.15) is 12.4 Å². The summed E-state index contributed by atoms with van der Waals surface area (Å²) in [7, 11) is 3.05. The maximum Gasteiger partial charge on any atom is 0.332 e. The van der Waals surface area contributed by atoms with Crippen LogP contribution in [-0.4, -0.2) is 35.5 Å².